The topological polar surface area (TPSA) is 49.4 Å². The molecular formula is C10H13Cl2FN2O2S. The molecule has 0 aliphatic carbocycles. The number of sulfonamides is 1. The first-order chi connectivity index (χ1) is 8.01. The van der Waals surface area contributed by atoms with Crippen molar-refractivity contribution in [3.8, 4) is 0 Å². The molecule has 0 aromatic heterocycles. The van der Waals surface area contributed by atoms with Gasteiger partial charge in [-0.05, 0) is 18.2 Å². The average molecular weight is 315 g/mol. The molecule has 0 bridgehead atoms. The van der Waals surface area contributed by atoms with Gasteiger partial charge in [0.05, 0.1) is 0 Å². The number of hydrogen-bond donors (Lipinski definition) is 1. The highest BCUT2D eigenvalue weighted by Crippen LogP contribution is 2.22. The Morgan fingerprint density at radius 3 is 2.44 bits per heavy atom. The largest absolute Gasteiger partial charge is 0.314 e. The molecule has 1 aromatic rings. The minimum Gasteiger partial charge on any atom is -0.314 e. The van der Waals surface area contributed by atoms with Crippen molar-refractivity contribution >= 4 is 34.0 Å². The third kappa shape index (κ3) is 3.13. The predicted molar refractivity (Wildman–Crippen MR) is 70.3 cm³/mol. The van der Waals surface area contributed by atoms with Gasteiger partial charge in [-0.2, -0.15) is 4.31 Å². The normalized spacial score (nSPS) is 17.2. The Morgan fingerprint density at radius 2 is 1.89 bits per heavy atom. The van der Waals surface area contributed by atoms with Gasteiger partial charge < -0.3 is 5.32 Å². The minimum absolute atomic E-state index is 0. The lowest BCUT2D eigenvalue weighted by molar-refractivity contribution is 0.358. The van der Waals surface area contributed by atoms with Crippen LogP contribution in [0, 0.1) is 5.82 Å². The first kappa shape index (κ1) is 15.7. The summed E-state index contributed by atoms with van der Waals surface area (Å²) in [5.74, 6) is -0.809. The smallest absolute Gasteiger partial charge is 0.246 e. The molecular weight excluding hydrogens is 302 g/mol. The molecule has 0 unspecified atom stereocenters. The van der Waals surface area contributed by atoms with Gasteiger partial charge in [-0.15, -0.1) is 12.4 Å². The predicted octanol–water partition coefficient (Wildman–Crippen LogP) is 1.49. The Kier molecular flexibility index (Phi) is 5.36. The molecule has 18 heavy (non-hydrogen) atoms. The summed E-state index contributed by atoms with van der Waals surface area (Å²) in [7, 11) is -3.75. The molecule has 1 aromatic carbocycles. The van der Waals surface area contributed by atoms with Gasteiger partial charge in [0.25, 0.3) is 0 Å². The lowest BCUT2D eigenvalue weighted by Gasteiger charge is -2.26. The van der Waals surface area contributed by atoms with Gasteiger partial charge in [0.15, 0.2) is 0 Å². The zero-order valence-electron chi connectivity index (χ0n) is 9.40. The van der Waals surface area contributed by atoms with Gasteiger partial charge in [-0.1, -0.05) is 11.6 Å². The monoisotopic (exact) mass is 314 g/mol. The maximum absolute atomic E-state index is 13.6. The van der Waals surface area contributed by atoms with Crippen molar-refractivity contribution in [3.63, 3.8) is 0 Å². The molecule has 2 rings (SSSR count). The van der Waals surface area contributed by atoms with Crippen molar-refractivity contribution < 1.29 is 12.8 Å². The molecule has 102 valence electrons. The standard InChI is InChI=1S/C10H12ClFN2O2S.ClH/c11-8-1-2-10(9(12)7-8)17(15,16)14-5-3-13-4-6-14;/h1-2,7,13H,3-6H2;1H. The van der Waals surface area contributed by atoms with Gasteiger partial charge in [0, 0.05) is 31.2 Å². The lowest BCUT2D eigenvalue weighted by atomic mass is 10.3. The van der Waals surface area contributed by atoms with Crippen LogP contribution in [0.15, 0.2) is 23.1 Å². The third-order valence-corrected chi connectivity index (χ3v) is 4.75. The molecule has 1 aliphatic rings. The third-order valence-electron chi connectivity index (χ3n) is 2.59. The first-order valence-electron chi connectivity index (χ1n) is 5.18. The van der Waals surface area contributed by atoms with Crippen LogP contribution in [0.1, 0.15) is 0 Å². The number of nitrogens with zero attached hydrogens (tertiary/aromatic N) is 1. The van der Waals surface area contributed by atoms with Crippen LogP contribution in [0.4, 0.5) is 4.39 Å². The molecule has 1 saturated heterocycles. The highest BCUT2D eigenvalue weighted by Gasteiger charge is 2.28. The Morgan fingerprint density at radius 1 is 1.28 bits per heavy atom. The maximum Gasteiger partial charge on any atom is 0.246 e. The summed E-state index contributed by atoms with van der Waals surface area (Å²) in [6, 6.07) is 3.59. The van der Waals surface area contributed by atoms with E-state index in [1.54, 1.807) is 0 Å². The van der Waals surface area contributed by atoms with E-state index in [9.17, 15) is 12.8 Å². The molecule has 1 aliphatic heterocycles. The summed E-state index contributed by atoms with van der Waals surface area (Å²) < 4.78 is 39.1. The van der Waals surface area contributed by atoms with Gasteiger partial charge in [-0.3, -0.25) is 0 Å². The Bertz CT molecular complexity index is 519. The minimum atomic E-state index is -3.75. The molecule has 0 amide bonds. The molecule has 1 heterocycles. The summed E-state index contributed by atoms with van der Waals surface area (Å²) in [5.41, 5.74) is 0. The Balaban J connectivity index is 0.00000162. The van der Waals surface area contributed by atoms with Crippen LogP contribution < -0.4 is 5.32 Å². The summed E-state index contributed by atoms with van der Waals surface area (Å²) in [6.45, 7) is 1.86. The van der Waals surface area contributed by atoms with E-state index in [-0.39, 0.29) is 22.3 Å². The Hall–Kier alpha value is -0.400. The second kappa shape index (κ2) is 6.16. The number of piperazine rings is 1. The number of benzene rings is 1. The molecule has 0 saturated carbocycles. The van der Waals surface area contributed by atoms with Gasteiger partial charge in [-0.25, -0.2) is 12.8 Å². The summed E-state index contributed by atoms with van der Waals surface area (Å²) in [6.07, 6.45) is 0. The zero-order valence-corrected chi connectivity index (χ0v) is 11.8. The van der Waals surface area contributed by atoms with E-state index in [1.165, 1.54) is 16.4 Å². The van der Waals surface area contributed by atoms with E-state index in [0.29, 0.717) is 26.2 Å². The molecule has 1 fully saturated rings. The van der Waals surface area contributed by atoms with Gasteiger partial charge in [0.2, 0.25) is 10.0 Å². The highest BCUT2D eigenvalue weighted by molar-refractivity contribution is 7.89. The second-order valence-corrected chi connectivity index (χ2v) is 6.07. The molecule has 1 N–H and O–H groups in total. The van der Waals surface area contributed by atoms with Crippen LogP contribution in [0.25, 0.3) is 0 Å². The lowest BCUT2D eigenvalue weighted by Crippen LogP contribution is -2.46. The number of hydrogen-bond acceptors (Lipinski definition) is 3. The van der Waals surface area contributed by atoms with Crippen molar-refractivity contribution in [3.05, 3.63) is 29.0 Å². The number of rotatable bonds is 2. The second-order valence-electron chi connectivity index (χ2n) is 3.73. The maximum atomic E-state index is 13.6. The fraction of sp³-hybridized carbons (Fsp3) is 0.400. The molecule has 8 heteroatoms. The van der Waals surface area contributed by atoms with E-state index in [2.05, 4.69) is 5.32 Å². The highest BCUT2D eigenvalue weighted by atomic mass is 35.5. The van der Waals surface area contributed by atoms with Gasteiger partial charge in [0.1, 0.15) is 10.7 Å². The summed E-state index contributed by atoms with van der Waals surface area (Å²) >= 11 is 5.59. The average Bonchev–Trinajstić information content (AvgIpc) is 2.29. The van der Waals surface area contributed by atoms with Crippen LogP contribution in [0.2, 0.25) is 5.02 Å². The van der Waals surface area contributed by atoms with Crippen molar-refractivity contribution in [2.45, 2.75) is 4.90 Å². The molecule has 0 radical (unpaired) electrons. The van der Waals surface area contributed by atoms with E-state index in [4.69, 9.17) is 11.6 Å². The fourth-order valence-electron chi connectivity index (χ4n) is 1.71. The fourth-order valence-corrected chi connectivity index (χ4v) is 3.35. The number of nitrogens with one attached hydrogen (secondary N) is 1. The quantitative estimate of drug-likeness (QED) is 0.900. The van der Waals surface area contributed by atoms with Crippen LogP contribution in [-0.2, 0) is 10.0 Å². The van der Waals surface area contributed by atoms with E-state index in [1.807, 2.05) is 0 Å². The van der Waals surface area contributed by atoms with Crippen LogP contribution in [0.3, 0.4) is 0 Å². The first-order valence-corrected chi connectivity index (χ1v) is 6.99. The molecule has 0 atom stereocenters. The van der Waals surface area contributed by atoms with Crippen molar-refractivity contribution in [1.29, 1.82) is 0 Å². The summed E-state index contributed by atoms with van der Waals surface area (Å²) in [5, 5.41) is 3.22. The van der Waals surface area contributed by atoms with E-state index < -0.39 is 15.8 Å². The molecule has 0 spiro atoms. The summed E-state index contributed by atoms with van der Waals surface area (Å²) in [4.78, 5) is -0.316. The van der Waals surface area contributed by atoms with Crippen LogP contribution >= 0.6 is 24.0 Å². The number of halogens is 3. The van der Waals surface area contributed by atoms with Crippen LogP contribution in [0.5, 0.6) is 0 Å². The zero-order chi connectivity index (χ0) is 12.5. The van der Waals surface area contributed by atoms with E-state index in [0.717, 1.165) is 6.07 Å². The van der Waals surface area contributed by atoms with Gasteiger partial charge >= 0.3 is 0 Å². The SMILES string of the molecule is Cl.O=S(=O)(c1ccc(Cl)cc1F)N1CCNCC1. The van der Waals surface area contributed by atoms with Crippen LogP contribution in [-0.4, -0.2) is 38.9 Å². The van der Waals surface area contributed by atoms with Crippen molar-refractivity contribution in [2.24, 2.45) is 0 Å². The Labute approximate surface area is 117 Å². The van der Waals surface area contributed by atoms with Crippen molar-refractivity contribution in [2.75, 3.05) is 26.2 Å². The molecule has 4 nitrogen and oxygen atoms in total. The van der Waals surface area contributed by atoms with E-state index >= 15 is 0 Å². The van der Waals surface area contributed by atoms with Crippen molar-refractivity contribution in [1.82, 2.24) is 9.62 Å².